The summed E-state index contributed by atoms with van der Waals surface area (Å²) in [6, 6.07) is 13.9. The first-order valence-corrected chi connectivity index (χ1v) is 11.2. The second kappa shape index (κ2) is 11.4. The van der Waals surface area contributed by atoms with Crippen LogP contribution in [0, 0.1) is 11.3 Å². The van der Waals surface area contributed by atoms with Gasteiger partial charge in [0.2, 0.25) is 0 Å². The number of hydrogen-bond donors (Lipinski definition) is 1. The van der Waals surface area contributed by atoms with Crippen molar-refractivity contribution in [2.75, 3.05) is 12.4 Å². The molecule has 0 aliphatic rings. The van der Waals surface area contributed by atoms with Gasteiger partial charge in [0, 0.05) is 16.0 Å². The van der Waals surface area contributed by atoms with Crippen LogP contribution >= 0.6 is 22.9 Å². The lowest BCUT2D eigenvalue weighted by Gasteiger charge is -2.04. The largest absolute Gasteiger partial charge is 0.486 e. The first-order valence-electron chi connectivity index (χ1n) is 10.0. The predicted molar refractivity (Wildman–Crippen MR) is 126 cm³/mol. The number of furan rings is 1. The molecule has 0 aliphatic carbocycles. The van der Waals surface area contributed by atoms with Crippen molar-refractivity contribution in [2.45, 2.75) is 26.4 Å². The van der Waals surface area contributed by atoms with Crippen LogP contribution in [-0.2, 0) is 22.6 Å². The highest BCUT2D eigenvalue weighted by atomic mass is 35.5. The molecule has 170 valence electrons. The lowest BCUT2D eigenvalue weighted by molar-refractivity contribution is -0.112. The highest BCUT2D eigenvalue weighted by molar-refractivity contribution is 7.16. The number of carbonyl (C=O) groups is 2. The van der Waals surface area contributed by atoms with Crippen LogP contribution in [0.5, 0.6) is 5.75 Å². The van der Waals surface area contributed by atoms with Gasteiger partial charge in [-0.1, -0.05) is 31.0 Å². The average molecular weight is 485 g/mol. The Morgan fingerprint density at radius 1 is 1.27 bits per heavy atom. The standard InChI is InChI=1S/C24H21ClN2O5S/c1-3-5-20-12-21(24(29)30-2)23(33-20)27-22(28)15(13-26)10-18-8-9-19(32-18)14-31-17-7-4-6-16(25)11-17/h4,6-12H,3,5,14H2,1-2H3,(H,27,28)/b15-10-. The number of rotatable bonds is 9. The number of amides is 1. The maximum absolute atomic E-state index is 12.7. The second-order valence-electron chi connectivity index (χ2n) is 6.87. The molecular weight excluding hydrogens is 464 g/mol. The number of nitriles is 1. The van der Waals surface area contributed by atoms with Gasteiger partial charge in [0.15, 0.2) is 0 Å². The molecule has 0 saturated carbocycles. The van der Waals surface area contributed by atoms with E-state index in [0.717, 1.165) is 17.7 Å². The predicted octanol–water partition coefficient (Wildman–Crippen LogP) is 5.86. The van der Waals surface area contributed by atoms with E-state index in [0.29, 0.717) is 27.3 Å². The minimum atomic E-state index is -0.652. The third kappa shape index (κ3) is 6.48. The molecule has 1 aromatic carbocycles. The number of anilines is 1. The van der Waals surface area contributed by atoms with Gasteiger partial charge in [-0.3, -0.25) is 4.79 Å². The van der Waals surface area contributed by atoms with Crippen molar-refractivity contribution < 1.29 is 23.5 Å². The SMILES string of the molecule is CCCc1cc(C(=O)OC)c(NC(=O)/C(C#N)=C\c2ccc(COc3cccc(Cl)c3)o2)s1. The third-order valence-electron chi connectivity index (χ3n) is 4.42. The summed E-state index contributed by atoms with van der Waals surface area (Å²) in [5.41, 5.74) is 0.0861. The summed E-state index contributed by atoms with van der Waals surface area (Å²) in [6.45, 7) is 2.17. The fourth-order valence-electron chi connectivity index (χ4n) is 2.89. The van der Waals surface area contributed by atoms with E-state index in [1.807, 2.05) is 13.0 Å². The molecule has 0 saturated heterocycles. The minimum absolute atomic E-state index is 0.153. The van der Waals surface area contributed by atoms with Gasteiger partial charge < -0.3 is 19.2 Å². The van der Waals surface area contributed by atoms with E-state index in [1.165, 1.54) is 24.5 Å². The molecule has 7 nitrogen and oxygen atoms in total. The van der Waals surface area contributed by atoms with E-state index in [9.17, 15) is 14.9 Å². The summed E-state index contributed by atoms with van der Waals surface area (Å²) < 4.78 is 16.1. The van der Waals surface area contributed by atoms with Crippen molar-refractivity contribution in [2.24, 2.45) is 0 Å². The summed E-state index contributed by atoms with van der Waals surface area (Å²) in [5, 5.41) is 13.0. The van der Waals surface area contributed by atoms with Gasteiger partial charge in [-0.2, -0.15) is 5.26 Å². The smallest absolute Gasteiger partial charge is 0.340 e. The third-order valence-corrected chi connectivity index (χ3v) is 5.77. The van der Waals surface area contributed by atoms with Crippen molar-refractivity contribution in [3.8, 4) is 11.8 Å². The molecule has 0 fully saturated rings. The molecule has 0 radical (unpaired) electrons. The van der Waals surface area contributed by atoms with Crippen LogP contribution in [0.2, 0.25) is 5.02 Å². The molecule has 0 atom stereocenters. The van der Waals surface area contributed by atoms with Crippen molar-refractivity contribution in [3.05, 3.63) is 75.0 Å². The van der Waals surface area contributed by atoms with Gasteiger partial charge in [-0.15, -0.1) is 11.3 Å². The number of nitrogens with one attached hydrogen (secondary N) is 1. The van der Waals surface area contributed by atoms with E-state index < -0.39 is 11.9 Å². The molecule has 3 rings (SSSR count). The van der Waals surface area contributed by atoms with Gasteiger partial charge in [0.05, 0.1) is 12.7 Å². The van der Waals surface area contributed by atoms with Crippen molar-refractivity contribution in [3.63, 3.8) is 0 Å². The normalized spacial score (nSPS) is 11.0. The number of aryl methyl sites for hydroxylation is 1. The Morgan fingerprint density at radius 2 is 2.09 bits per heavy atom. The van der Waals surface area contributed by atoms with Crippen LogP contribution in [0.4, 0.5) is 5.00 Å². The number of hydrogen-bond acceptors (Lipinski definition) is 7. The summed E-state index contributed by atoms with van der Waals surface area (Å²) in [4.78, 5) is 25.7. The fraction of sp³-hybridized carbons (Fsp3) is 0.208. The number of esters is 1. The van der Waals surface area contributed by atoms with Gasteiger partial charge in [0.1, 0.15) is 40.5 Å². The van der Waals surface area contributed by atoms with E-state index in [4.69, 9.17) is 25.5 Å². The number of carbonyl (C=O) groups excluding carboxylic acids is 2. The molecule has 33 heavy (non-hydrogen) atoms. The molecule has 9 heteroatoms. The molecule has 0 spiro atoms. The Morgan fingerprint density at radius 3 is 2.79 bits per heavy atom. The van der Waals surface area contributed by atoms with Crippen LogP contribution in [0.1, 0.15) is 40.1 Å². The van der Waals surface area contributed by atoms with Crippen molar-refractivity contribution >= 4 is 45.9 Å². The summed E-state index contributed by atoms with van der Waals surface area (Å²) in [7, 11) is 1.27. The molecular formula is C24H21ClN2O5S. The average Bonchev–Trinajstić information content (AvgIpc) is 3.42. The van der Waals surface area contributed by atoms with E-state index in [1.54, 1.807) is 42.5 Å². The topological polar surface area (TPSA) is 102 Å². The Hall–Kier alpha value is -3.54. The van der Waals surface area contributed by atoms with Crippen LogP contribution < -0.4 is 10.1 Å². The van der Waals surface area contributed by atoms with E-state index in [-0.39, 0.29) is 17.7 Å². The summed E-state index contributed by atoms with van der Waals surface area (Å²) in [5.74, 6) is 0.210. The Labute approximate surface area is 200 Å². The molecule has 0 aliphatic heterocycles. The molecule has 3 aromatic rings. The monoisotopic (exact) mass is 484 g/mol. The van der Waals surface area contributed by atoms with Crippen LogP contribution in [-0.4, -0.2) is 19.0 Å². The first kappa shape index (κ1) is 24.1. The highest BCUT2D eigenvalue weighted by Gasteiger charge is 2.20. The number of nitrogens with zero attached hydrogens (tertiary/aromatic N) is 1. The van der Waals surface area contributed by atoms with Gasteiger partial charge in [-0.25, -0.2) is 4.79 Å². The summed E-state index contributed by atoms with van der Waals surface area (Å²) in [6.07, 6.45) is 2.98. The maximum Gasteiger partial charge on any atom is 0.340 e. The molecule has 1 amide bonds. The zero-order chi connectivity index (χ0) is 23.8. The van der Waals surface area contributed by atoms with Crippen molar-refractivity contribution in [1.29, 1.82) is 5.26 Å². The number of thiophene rings is 1. The zero-order valence-electron chi connectivity index (χ0n) is 18.0. The molecule has 0 unspecified atom stereocenters. The van der Waals surface area contributed by atoms with Gasteiger partial charge in [0.25, 0.3) is 5.91 Å². The van der Waals surface area contributed by atoms with E-state index >= 15 is 0 Å². The Bertz CT molecular complexity index is 1220. The number of halogens is 1. The first-order chi connectivity index (χ1) is 15.9. The molecule has 2 heterocycles. The van der Waals surface area contributed by atoms with Gasteiger partial charge in [-0.05, 0) is 42.8 Å². The van der Waals surface area contributed by atoms with E-state index in [2.05, 4.69) is 5.32 Å². The maximum atomic E-state index is 12.7. The number of ether oxygens (including phenoxy) is 2. The molecule has 1 N–H and O–H groups in total. The quantitative estimate of drug-likeness (QED) is 0.232. The highest BCUT2D eigenvalue weighted by Crippen LogP contribution is 2.30. The summed E-state index contributed by atoms with van der Waals surface area (Å²) >= 11 is 7.22. The Kier molecular flexibility index (Phi) is 8.30. The van der Waals surface area contributed by atoms with Gasteiger partial charge >= 0.3 is 5.97 Å². The lowest BCUT2D eigenvalue weighted by Crippen LogP contribution is -2.15. The Balaban J connectivity index is 1.71. The van der Waals surface area contributed by atoms with Crippen LogP contribution in [0.15, 0.2) is 52.5 Å². The van der Waals surface area contributed by atoms with Crippen LogP contribution in [0.3, 0.4) is 0 Å². The zero-order valence-corrected chi connectivity index (χ0v) is 19.6. The fourth-order valence-corrected chi connectivity index (χ4v) is 4.21. The lowest BCUT2D eigenvalue weighted by atomic mass is 10.2. The minimum Gasteiger partial charge on any atom is -0.486 e. The number of benzene rings is 1. The van der Waals surface area contributed by atoms with Crippen molar-refractivity contribution in [1.82, 2.24) is 0 Å². The number of methoxy groups -OCH3 is 1. The molecule has 2 aromatic heterocycles. The second-order valence-corrected chi connectivity index (χ2v) is 8.44. The van der Waals surface area contributed by atoms with Crippen LogP contribution in [0.25, 0.3) is 6.08 Å². The molecule has 0 bridgehead atoms.